The Hall–Kier alpha value is -2.72. The Bertz CT molecular complexity index is 1070. The lowest BCUT2D eigenvalue weighted by Crippen LogP contribution is -2.51. The van der Waals surface area contributed by atoms with E-state index in [1.807, 2.05) is 42.2 Å². The number of amides is 2. The van der Waals surface area contributed by atoms with Crippen LogP contribution in [0.1, 0.15) is 12.1 Å². The summed E-state index contributed by atoms with van der Waals surface area (Å²) in [5.41, 5.74) is 1.76. The number of carbonyl (C=O) groups is 2. The number of halogens is 1. The van der Waals surface area contributed by atoms with Crippen LogP contribution in [0.2, 0.25) is 0 Å². The van der Waals surface area contributed by atoms with Gasteiger partial charge in [-0.2, -0.15) is 4.98 Å². The Kier molecular flexibility index (Phi) is 6.69. The highest BCUT2D eigenvalue weighted by Crippen LogP contribution is 2.29. The molecule has 0 aliphatic carbocycles. The number of hydrogen-bond acceptors (Lipinski definition) is 7. The molecule has 0 spiro atoms. The van der Waals surface area contributed by atoms with Crippen LogP contribution in [0.5, 0.6) is 0 Å². The molecule has 5 rings (SSSR count). The average Bonchev–Trinajstić information content (AvgIpc) is 3.25. The summed E-state index contributed by atoms with van der Waals surface area (Å²) >= 11 is 3.46. The van der Waals surface area contributed by atoms with Gasteiger partial charge in [-0.15, -0.1) is 0 Å². The Morgan fingerprint density at radius 3 is 2.53 bits per heavy atom. The lowest BCUT2D eigenvalue weighted by atomic mass is 10.1. The minimum Gasteiger partial charge on any atom is -0.378 e. The van der Waals surface area contributed by atoms with Crippen LogP contribution in [0.25, 0.3) is 0 Å². The van der Waals surface area contributed by atoms with Gasteiger partial charge < -0.3 is 24.3 Å². The van der Waals surface area contributed by atoms with E-state index >= 15 is 0 Å². The molecule has 2 amide bonds. The number of piperazine rings is 1. The third-order valence-electron chi connectivity index (χ3n) is 6.63. The van der Waals surface area contributed by atoms with E-state index in [0.29, 0.717) is 51.9 Å². The van der Waals surface area contributed by atoms with E-state index in [2.05, 4.69) is 30.7 Å². The Labute approximate surface area is 207 Å². The van der Waals surface area contributed by atoms with Crippen molar-refractivity contribution in [2.75, 3.05) is 73.7 Å². The first kappa shape index (κ1) is 23.0. The van der Waals surface area contributed by atoms with Crippen LogP contribution in [0.4, 0.5) is 17.5 Å². The van der Waals surface area contributed by atoms with Gasteiger partial charge in [-0.25, -0.2) is 4.98 Å². The van der Waals surface area contributed by atoms with E-state index in [1.54, 1.807) is 4.90 Å². The number of aryl methyl sites for hydroxylation is 1. The lowest BCUT2D eigenvalue weighted by molar-refractivity contribution is -0.136. The van der Waals surface area contributed by atoms with Gasteiger partial charge in [0.1, 0.15) is 5.82 Å². The van der Waals surface area contributed by atoms with E-state index in [4.69, 9.17) is 9.72 Å². The summed E-state index contributed by atoms with van der Waals surface area (Å²) < 4.78 is 6.37. The number of nitrogens with zero attached hydrogens (tertiary/aromatic N) is 6. The molecule has 3 aliphatic rings. The first-order chi connectivity index (χ1) is 16.5. The lowest BCUT2D eigenvalue weighted by Gasteiger charge is -2.36. The van der Waals surface area contributed by atoms with E-state index in [9.17, 15) is 9.59 Å². The predicted molar refractivity (Wildman–Crippen MR) is 133 cm³/mol. The van der Waals surface area contributed by atoms with Crippen molar-refractivity contribution >= 4 is 45.2 Å². The van der Waals surface area contributed by atoms with Crippen molar-refractivity contribution in [1.82, 2.24) is 14.9 Å². The molecule has 1 aromatic heterocycles. The highest BCUT2D eigenvalue weighted by Gasteiger charge is 2.38. The maximum absolute atomic E-state index is 13.2. The minimum absolute atomic E-state index is 0.00103. The van der Waals surface area contributed by atoms with Crippen molar-refractivity contribution in [3.8, 4) is 0 Å². The smallest absolute Gasteiger partial charge is 0.228 e. The molecule has 1 atom stereocenters. The second kappa shape index (κ2) is 9.87. The summed E-state index contributed by atoms with van der Waals surface area (Å²) in [6.45, 7) is 8.05. The predicted octanol–water partition coefficient (Wildman–Crippen LogP) is 2.09. The molecule has 2 aromatic rings. The number of hydrogen-bond donors (Lipinski definition) is 0. The minimum atomic E-state index is -0.304. The number of aromatic nitrogens is 2. The summed E-state index contributed by atoms with van der Waals surface area (Å²) in [4.78, 5) is 43.3. The summed E-state index contributed by atoms with van der Waals surface area (Å²) in [6, 6.07) is 9.66. The van der Waals surface area contributed by atoms with Gasteiger partial charge in [0.2, 0.25) is 17.8 Å². The molecule has 3 saturated heterocycles. The Morgan fingerprint density at radius 1 is 1.03 bits per heavy atom. The molecule has 0 N–H and O–H groups in total. The zero-order chi connectivity index (χ0) is 23.7. The number of rotatable bonds is 4. The third kappa shape index (κ3) is 4.88. The van der Waals surface area contributed by atoms with Crippen LogP contribution in [-0.2, 0) is 14.3 Å². The van der Waals surface area contributed by atoms with Crippen molar-refractivity contribution in [2.45, 2.75) is 13.3 Å². The van der Waals surface area contributed by atoms with Crippen molar-refractivity contribution < 1.29 is 14.3 Å². The van der Waals surface area contributed by atoms with Crippen molar-refractivity contribution in [1.29, 1.82) is 0 Å². The van der Waals surface area contributed by atoms with Crippen LogP contribution in [0.15, 0.2) is 34.8 Å². The largest absolute Gasteiger partial charge is 0.378 e. The maximum atomic E-state index is 13.2. The van der Waals surface area contributed by atoms with Crippen LogP contribution in [0, 0.1) is 12.8 Å². The van der Waals surface area contributed by atoms with E-state index in [0.717, 1.165) is 34.8 Å². The number of carbonyl (C=O) groups excluding carboxylic acids is 2. The van der Waals surface area contributed by atoms with Gasteiger partial charge in [0.05, 0.1) is 19.1 Å². The maximum Gasteiger partial charge on any atom is 0.228 e. The normalized spacial score (nSPS) is 21.4. The third-order valence-corrected chi connectivity index (χ3v) is 7.13. The van der Waals surface area contributed by atoms with Gasteiger partial charge in [-0.3, -0.25) is 9.59 Å². The standard InChI is InChI=1S/C24H29BrN6O3/c1-17-13-21(28-9-11-34-12-10-28)27-24(26-17)30-7-5-29(6-8-30)23(33)18-14-22(32)31(16-18)20-4-2-3-19(25)15-20/h2-4,13,15,18H,5-12,14,16H2,1H3. The summed E-state index contributed by atoms with van der Waals surface area (Å²) in [7, 11) is 0. The van der Waals surface area contributed by atoms with Crippen LogP contribution in [0.3, 0.4) is 0 Å². The molecule has 0 bridgehead atoms. The van der Waals surface area contributed by atoms with E-state index in [-0.39, 0.29) is 24.2 Å². The molecule has 1 aromatic carbocycles. The molecule has 3 aliphatic heterocycles. The summed E-state index contributed by atoms with van der Waals surface area (Å²) in [6.07, 6.45) is 0.259. The quantitative estimate of drug-likeness (QED) is 0.600. The molecule has 1 unspecified atom stereocenters. The van der Waals surface area contributed by atoms with Gasteiger partial charge >= 0.3 is 0 Å². The average molecular weight is 529 g/mol. The van der Waals surface area contributed by atoms with Gasteiger partial charge in [0.15, 0.2) is 0 Å². The zero-order valence-corrected chi connectivity index (χ0v) is 20.9. The molecule has 0 saturated carbocycles. The monoisotopic (exact) mass is 528 g/mol. The van der Waals surface area contributed by atoms with Crippen LogP contribution < -0.4 is 14.7 Å². The van der Waals surface area contributed by atoms with Crippen molar-refractivity contribution in [3.63, 3.8) is 0 Å². The van der Waals surface area contributed by atoms with Gasteiger partial charge in [-0.1, -0.05) is 22.0 Å². The number of anilines is 3. The first-order valence-corrected chi connectivity index (χ1v) is 12.6. The molecule has 4 heterocycles. The van der Waals surface area contributed by atoms with Gasteiger partial charge in [-0.05, 0) is 25.1 Å². The number of benzene rings is 1. The van der Waals surface area contributed by atoms with Crippen LogP contribution >= 0.6 is 15.9 Å². The molecular formula is C24H29BrN6O3. The Morgan fingerprint density at radius 2 is 1.79 bits per heavy atom. The van der Waals surface area contributed by atoms with Crippen LogP contribution in [-0.4, -0.2) is 85.7 Å². The van der Waals surface area contributed by atoms with Crippen molar-refractivity contribution in [3.05, 3.63) is 40.5 Å². The van der Waals surface area contributed by atoms with Gasteiger partial charge in [0.25, 0.3) is 0 Å². The molecule has 34 heavy (non-hydrogen) atoms. The fraction of sp³-hybridized carbons (Fsp3) is 0.500. The second-order valence-electron chi connectivity index (χ2n) is 8.96. The molecule has 0 radical (unpaired) electrons. The Balaban J connectivity index is 1.20. The molecular weight excluding hydrogens is 500 g/mol. The highest BCUT2D eigenvalue weighted by molar-refractivity contribution is 9.10. The topological polar surface area (TPSA) is 82.1 Å². The molecule has 3 fully saturated rings. The SMILES string of the molecule is Cc1cc(N2CCOCC2)nc(N2CCN(C(=O)C3CC(=O)N(c4cccc(Br)c4)C3)CC2)n1. The second-order valence-corrected chi connectivity index (χ2v) is 9.88. The number of ether oxygens (including phenoxy) is 1. The van der Waals surface area contributed by atoms with Gasteiger partial charge in [0, 0.05) is 74.2 Å². The highest BCUT2D eigenvalue weighted by atomic mass is 79.9. The fourth-order valence-corrected chi connectivity index (χ4v) is 5.17. The van der Waals surface area contributed by atoms with Crippen molar-refractivity contribution in [2.24, 2.45) is 5.92 Å². The molecule has 180 valence electrons. The summed E-state index contributed by atoms with van der Waals surface area (Å²) in [5.74, 6) is 1.40. The van der Waals surface area contributed by atoms with E-state index in [1.165, 1.54) is 0 Å². The zero-order valence-electron chi connectivity index (χ0n) is 19.3. The molecule has 10 heteroatoms. The first-order valence-electron chi connectivity index (χ1n) is 11.8. The molecule has 9 nitrogen and oxygen atoms in total. The fourth-order valence-electron chi connectivity index (χ4n) is 4.78. The van der Waals surface area contributed by atoms with E-state index < -0.39 is 0 Å². The number of morpholine rings is 1. The summed E-state index contributed by atoms with van der Waals surface area (Å²) in [5, 5.41) is 0.